The molecule has 2 aromatic heterocycles. The van der Waals surface area contributed by atoms with Crippen LogP contribution in [-0.4, -0.2) is 30.7 Å². The molecule has 0 aliphatic heterocycles. The Bertz CT molecular complexity index is 914. The summed E-state index contributed by atoms with van der Waals surface area (Å²) in [4.78, 5) is 23.8. The van der Waals surface area contributed by atoms with Crippen LogP contribution >= 0.6 is 0 Å². The summed E-state index contributed by atoms with van der Waals surface area (Å²) in [6.45, 7) is 0.364. The van der Waals surface area contributed by atoms with Crippen molar-refractivity contribution in [3.05, 3.63) is 66.1 Å². The monoisotopic (exact) mass is 325 g/mol. The van der Waals surface area contributed by atoms with Crippen molar-refractivity contribution >= 4 is 22.8 Å². The first-order valence-electron chi connectivity index (χ1n) is 7.38. The Morgan fingerprint density at radius 2 is 1.79 bits per heavy atom. The number of benzene rings is 1. The van der Waals surface area contributed by atoms with Crippen LogP contribution < -0.4 is 4.57 Å². The van der Waals surface area contributed by atoms with Crippen LogP contribution in [0.3, 0.4) is 0 Å². The van der Waals surface area contributed by atoms with Gasteiger partial charge in [0.15, 0.2) is 12.4 Å². The van der Waals surface area contributed by atoms with E-state index in [-0.39, 0.29) is 0 Å². The van der Waals surface area contributed by atoms with Crippen LogP contribution in [-0.2, 0) is 16.1 Å². The number of ether oxygens (including phenoxy) is 2. The predicted octanol–water partition coefficient (Wildman–Crippen LogP) is 2.01. The van der Waals surface area contributed by atoms with E-state index in [9.17, 15) is 9.59 Å². The summed E-state index contributed by atoms with van der Waals surface area (Å²) in [5.74, 6) is -0.814. The lowest BCUT2D eigenvalue weighted by Crippen LogP contribution is -2.38. The number of rotatable bonds is 4. The minimum atomic E-state index is -0.407. The molecule has 2 heterocycles. The first-order chi connectivity index (χ1) is 11.6. The maximum Gasteiger partial charge on any atom is 0.354 e. The second kappa shape index (κ2) is 6.54. The molecule has 24 heavy (non-hydrogen) atoms. The molecular formula is C18H17N2O4+. The molecule has 0 amide bonds. The molecule has 0 atom stereocenters. The van der Waals surface area contributed by atoms with E-state index in [1.165, 1.54) is 14.2 Å². The maximum atomic E-state index is 12.1. The zero-order valence-corrected chi connectivity index (χ0v) is 13.4. The number of para-hydroxylation sites is 1. The highest BCUT2D eigenvalue weighted by molar-refractivity contribution is 5.95. The highest BCUT2D eigenvalue weighted by Gasteiger charge is 2.19. The molecule has 6 heteroatoms. The second-order valence-corrected chi connectivity index (χ2v) is 5.25. The summed E-state index contributed by atoms with van der Waals surface area (Å²) in [5, 5.41) is 0.947. The molecule has 122 valence electrons. The number of aromatic nitrogens is 2. The summed E-state index contributed by atoms with van der Waals surface area (Å²) in [7, 11) is 2.70. The van der Waals surface area contributed by atoms with Gasteiger partial charge in [-0.15, -0.1) is 0 Å². The van der Waals surface area contributed by atoms with Crippen LogP contribution in [0.25, 0.3) is 10.9 Å². The van der Waals surface area contributed by atoms with Gasteiger partial charge < -0.3 is 9.47 Å². The van der Waals surface area contributed by atoms with Gasteiger partial charge in [-0.05, 0) is 18.2 Å². The molecule has 0 aliphatic rings. The summed E-state index contributed by atoms with van der Waals surface area (Å²) in [5.41, 5.74) is 1.81. The number of fused-ring (bicyclic) bond motifs is 1. The van der Waals surface area contributed by atoms with Crippen molar-refractivity contribution in [1.29, 1.82) is 0 Å². The summed E-state index contributed by atoms with van der Waals surface area (Å²) < 4.78 is 13.3. The Morgan fingerprint density at radius 3 is 2.54 bits per heavy atom. The number of nitrogens with zero attached hydrogens (tertiary/aromatic N) is 2. The Morgan fingerprint density at radius 1 is 1.04 bits per heavy atom. The third kappa shape index (κ3) is 2.86. The minimum Gasteiger partial charge on any atom is -0.465 e. The van der Waals surface area contributed by atoms with Gasteiger partial charge >= 0.3 is 11.9 Å². The number of carbonyl (C=O) groups excluding carboxylic acids is 2. The van der Waals surface area contributed by atoms with Gasteiger partial charge in [-0.1, -0.05) is 18.2 Å². The van der Waals surface area contributed by atoms with Crippen molar-refractivity contribution in [1.82, 2.24) is 4.57 Å². The average Bonchev–Trinajstić information content (AvgIpc) is 2.99. The van der Waals surface area contributed by atoms with Gasteiger partial charge in [0.2, 0.25) is 6.67 Å². The van der Waals surface area contributed by atoms with Crippen molar-refractivity contribution in [3.63, 3.8) is 0 Å². The Kier molecular flexibility index (Phi) is 4.29. The van der Waals surface area contributed by atoms with Gasteiger partial charge in [-0.3, -0.25) is 4.57 Å². The van der Waals surface area contributed by atoms with Crippen molar-refractivity contribution in [2.24, 2.45) is 0 Å². The molecule has 0 saturated carbocycles. The van der Waals surface area contributed by atoms with Crippen LogP contribution in [0.4, 0.5) is 0 Å². The number of hydrogen-bond donors (Lipinski definition) is 0. The highest BCUT2D eigenvalue weighted by atomic mass is 16.5. The van der Waals surface area contributed by atoms with Crippen molar-refractivity contribution in [2.75, 3.05) is 14.2 Å². The fourth-order valence-corrected chi connectivity index (χ4v) is 2.65. The van der Waals surface area contributed by atoms with Crippen LogP contribution in [0.2, 0.25) is 0 Å². The van der Waals surface area contributed by atoms with Crippen LogP contribution in [0.1, 0.15) is 20.8 Å². The van der Waals surface area contributed by atoms with Crippen molar-refractivity contribution in [2.45, 2.75) is 6.67 Å². The smallest absolute Gasteiger partial charge is 0.354 e. The highest BCUT2D eigenvalue weighted by Crippen LogP contribution is 2.20. The van der Waals surface area contributed by atoms with Gasteiger partial charge in [0.1, 0.15) is 11.3 Å². The van der Waals surface area contributed by atoms with Gasteiger partial charge in [-0.25, -0.2) is 9.59 Å². The molecule has 0 aliphatic carbocycles. The van der Waals surface area contributed by atoms with Crippen LogP contribution in [0, 0.1) is 0 Å². The van der Waals surface area contributed by atoms with E-state index in [0.29, 0.717) is 17.9 Å². The van der Waals surface area contributed by atoms with E-state index < -0.39 is 11.9 Å². The Labute approximate surface area is 138 Å². The third-order valence-electron chi connectivity index (χ3n) is 3.79. The Balaban J connectivity index is 2.06. The molecule has 0 spiro atoms. The normalized spacial score (nSPS) is 10.6. The summed E-state index contributed by atoms with van der Waals surface area (Å²) >= 11 is 0. The quantitative estimate of drug-likeness (QED) is 0.544. The predicted molar refractivity (Wildman–Crippen MR) is 86.7 cm³/mol. The molecule has 0 bridgehead atoms. The SMILES string of the molecule is COC(=O)c1ccc[n+](Cn2c(C(=O)OC)cc3ccccc32)c1. The molecule has 6 nitrogen and oxygen atoms in total. The number of esters is 2. The largest absolute Gasteiger partial charge is 0.465 e. The molecule has 0 saturated heterocycles. The molecule has 0 N–H and O–H groups in total. The zero-order chi connectivity index (χ0) is 17.1. The van der Waals surface area contributed by atoms with E-state index in [1.54, 1.807) is 24.4 Å². The minimum absolute atomic E-state index is 0.364. The lowest BCUT2D eigenvalue weighted by Gasteiger charge is -2.07. The zero-order valence-electron chi connectivity index (χ0n) is 13.4. The van der Waals surface area contributed by atoms with Gasteiger partial charge in [0, 0.05) is 11.5 Å². The van der Waals surface area contributed by atoms with Gasteiger partial charge in [0.25, 0.3) is 0 Å². The van der Waals surface area contributed by atoms with Crippen molar-refractivity contribution in [3.8, 4) is 0 Å². The first-order valence-corrected chi connectivity index (χ1v) is 7.38. The van der Waals surface area contributed by atoms with Crippen LogP contribution in [0.15, 0.2) is 54.9 Å². The lowest BCUT2D eigenvalue weighted by atomic mass is 10.2. The van der Waals surface area contributed by atoms with Gasteiger partial charge in [0.05, 0.1) is 19.7 Å². The topological polar surface area (TPSA) is 61.4 Å². The average molecular weight is 325 g/mol. The van der Waals surface area contributed by atoms with Crippen LogP contribution in [0.5, 0.6) is 0 Å². The fourth-order valence-electron chi connectivity index (χ4n) is 2.65. The summed E-state index contributed by atoms with van der Waals surface area (Å²) in [6.07, 6.45) is 3.50. The molecule has 0 radical (unpaired) electrons. The van der Waals surface area contributed by atoms with E-state index >= 15 is 0 Å². The molecule has 1 aromatic carbocycles. The summed E-state index contributed by atoms with van der Waals surface area (Å²) in [6, 6.07) is 12.9. The number of pyridine rings is 1. The number of methoxy groups -OCH3 is 2. The molecule has 0 unspecified atom stereocenters. The van der Waals surface area contributed by atoms with E-state index in [4.69, 9.17) is 9.47 Å². The first kappa shape index (κ1) is 15.7. The second-order valence-electron chi connectivity index (χ2n) is 5.25. The van der Waals surface area contributed by atoms with E-state index in [1.807, 2.05) is 39.6 Å². The van der Waals surface area contributed by atoms with E-state index in [0.717, 1.165) is 10.9 Å². The number of hydrogen-bond acceptors (Lipinski definition) is 4. The molecule has 3 rings (SSSR count). The fraction of sp³-hybridized carbons (Fsp3) is 0.167. The standard InChI is InChI=1S/C18H17N2O4/c1-23-17(21)14-7-5-9-19(11-14)12-20-15-8-4-3-6-13(15)10-16(20)18(22)24-2/h3-11H,12H2,1-2H3/q+1. The Hall–Kier alpha value is -3.15. The van der Waals surface area contributed by atoms with Gasteiger partial charge in [-0.2, -0.15) is 4.57 Å². The number of carbonyl (C=O) groups is 2. The van der Waals surface area contributed by atoms with Crippen molar-refractivity contribution < 1.29 is 23.6 Å². The van der Waals surface area contributed by atoms with E-state index in [2.05, 4.69) is 0 Å². The third-order valence-corrected chi connectivity index (χ3v) is 3.79. The molecular weight excluding hydrogens is 308 g/mol. The molecule has 0 fully saturated rings. The molecule has 3 aromatic rings. The lowest BCUT2D eigenvalue weighted by molar-refractivity contribution is -0.701. The maximum absolute atomic E-state index is 12.1.